The molecule has 1 aromatic heterocycles. The van der Waals surface area contributed by atoms with Gasteiger partial charge in [0.2, 0.25) is 17.7 Å². The van der Waals surface area contributed by atoms with Crippen molar-refractivity contribution in [3.8, 4) is 5.75 Å². The van der Waals surface area contributed by atoms with Crippen LogP contribution in [0.5, 0.6) is 5.75 Å². The number of aromatic nitrogens is 2. The number of piperidine rings is 2. The molecule has 61 heavy (non-hydrogen) atoms. The molecule has 318 valence electrons. The molecule has 1 unspecified atom stereocenters. The first-order chi connectivity index (χ1) is 29.4. The third kappa shape index (κ3) is 10.00. The number of fused-ring (bicyclic) bond motifs is 1. The average Bonchev–Trinajstić information content (AvgIpc) is 3.63. The van der Waals surface area contributed by atoms with E-state index in [4.69, 9.17) is 4.74 Å². The maximum absolute atomic E-state index is 13.8. The van der Waals surface area contributed by atoms with Crippen molar-refractivity contribution in [2.75, 3.05) is 61.3 Å². The van der Waals surface area contributed by atoms with E-state index in [0.717, 1.165) is 48.9 Å². The number of aromatic amines is 1. The number of anilines is 3. The number of carbonyl (C=O) groups is 4. The monoisotopic (exact) mass is 832 g/mol. The number of benzene rings is 4. The van der Waals surface area contributed by atoms with E-state index in [1.165, 1.54) is 17.7 Å². The van der Waals surface area contributed by atoms with E-state index < -0.39 is 23.6 Å². The first kappa shape index (κ1) is 41.4. The molecular weight excluding hydrogens is 783 g/mol. The summed E-state index contributed by atoms with van der Waals surface area (Å²) in [6.07, 6.45) is 2.82. The van der Waals surface area contributed by atoms with Crippen molar-refractivity contribution >= 4 is 51.7 Å². The van der Waals surface area contributed by atoms with Crippen LogP contribution in [0.15, 0.2) is 78.9 Å². The highest BCUT2D eigenvalue weighted by atomic mass is 19.1. The molecule has 0 saturated carbocycles. The molecule has 8 rings (SSSR count). The second-order valence-corrected chi connectivity index (χ2v) is 16.4. The number of hydrogen-bond donors (Lipinski definition) is 4. The van der Waals surface area contributed by atoms with Gasteiger partial charge in [-0.25, -0.2) is 8.78 Å². The number of piperazine rings is 1. The minimum atomic E-state index is -0.639. The number of ether oxygens (including phenoxy) is 1. The van der Waals surface area contributed by atoms with Crippen molar-refractivity contribution in [2.45, 2.75) is 64.0 Å². The zero-order chi connectivity index (χ0) is 42.6. The smallest absolute Gasteiger partial charge is 0.260 e. The van der Waals surface area contributed by atoms with Crippen LogP contribution in [0.3, 0.4) is 0 Å². The lowest BCUT2D eigenvalue weighted by Gasteiger charge is -2.38. The van der Waals surface area contributed by atoms with Crippen LogP contribution >= 0.6 is 0 Å². The highest BCUT2D eigenvalue weighted by Gasteiger charge is 2.29. The Morgan fingerprint density at radius 1 is 0.852 bits per heavy atom. The maximum atomic E-state index is 13.8. The minimum Gasteiger partial charge on any atom is -0.490 e. The molecule has 3 saturated heterocycles. The van der Waals surface area contributed by atoms with Crippen LogP contribution < -0.4 is 25.6 Å². The Morgan fingerprint density at radius 2 is 1.59 bits per heavy atom. The van der Waals surface area contributed by atoms with E-state index in [0.29, 0.717) is 91.5 Å². The second kappa shape index (κ2) is 18.1. The predicted octanol–water partition coefficient (Wildman–Crippen LogP) is 6.22. The summed E-state index contributed by atoms with van der Waals surface area (Å²) in [4.78, 5) is 57.2. The molecule has 1 atom stereocenters. The van der Waals surface area contributed by atoms with Gasteiger partial charge in [-0.1, -0.05) is 18.2 Å². The first-order valence-corrected chi connectivity index (χ1v) is 20.9. The van der Waals surface area contributed by atoms with E-state index in [1.54, 1.807) is 6.07 Å². The van der Waals surface area contributed by atoms with E-state index in [9.17, 15) is 28.0 Å². The summed E-state index contributed by atoms with van der Waals surface area (Å²) in [5.74, 6) is -0.918. The number of hydrogen-bond acceptors (Lipinski definition) is 9. The third-order valence-corrected chi connectivity index (χ3v) is 11.7. The Hall–Kier alpha value is -6.35. The molecule has 0 spiro atoms. The molecule has 0 radical (unpaired) electrons. The van der Waals surface area contributed by atoms with Crippen LogP contribution in [0.2, 0.25) is 0 Å². The molecule has 15 heteroatoms. The maximum Gasteiger partial charge on any atom is 0.260 e. The van der Waals surface area contributed by atoms with Gasteiger partial charge in [0.05, 0.1) is 23.7 Å². The Balaban J connectivity index is 0.831. The number of H-pyrrole nitrogens is 1. The number of halogens is 2. The van der Waals surface area contributed by atoms with Crippen LogP contribution in [-0.2, 0) is 20.8 Å². The molecule has 3 fully saturated rings. The zero-order valence-corrected chi connectivity index (χ0v) is 34.3. The van der Waals surface area contributed by atoms with Gasteiger partial charge in [0.15, 0.2) is 5.82 Å². The molecule has 4 aromatic carbocycles. The van der Waals surface area contributed by atoms with Gasteiger partial charge in [0.1, 0.15) is 23.4 Å². The summed E-state index contributed by atoms with van der Waals surface area (Å²) in [5, 5.41) is 16.5. The normalized spacial score (nSPS) is 17.8. The summed E-state index contributed by atoms with van der Waals surface area (Å²) in [7, 11) is 0. The van der Waals surface area contributed by atoms with Crippen LogP contribution in [-0.4, -0.2) is 102 Å². The Morgan fingerprint density at radius 3 is 2.30 bits per heavy atom. The highest BCUT2D eigenvalue weighted by Crippen LogP contribution is 2.32. The summed E-state index contributed by atoms with van der Waals surface area (Å²) in [6, 6.07) is 22.2. The van der Waals surface area contributed by atoms with Crippen molar-refractivity contribution in [1.29, 1.82) is 0 Å². The highest BCUT2D eigenvalue weighted by molar-refractivity contribution is 6.09. The lowest BCUT2D eigenvalue weighted by molar-refractivity contribution is -0.134. The van der Waals surface area contributed by atoms with Crippen molar-refractivity contribution < 1.29 is 32.7 Å². The Kier molecular flexibility index (Phi) is 12.3. The molecule has 4 amide bonds. The minimum absolute atomic E-state index is 0.124. The number of nitrogens with one attached hydrogen (secondary N) is 4. The number of carbonyl (C=O) groups excluding carboxylic acids is 4. The SMILES string of the molecule is CC(C)Oc1cc(N2CCN(C(=O)CN3CCC(c4ccc(NC5CCC(=O)NC5=O)cc4)CC3)CC2)ccc1C(=O)Nc1n[nH]c2ccc(Cc3cc(F)cc(F)c3)cc12. The van der Waals surface area contributed by atoms with Gasteiger partial charge in [0, 0.05) is 61.5 Å². The summed E-state index contributed by atoms with van der Waals surface area (Å²) >= 11 is 0. The van der Waals surface area contributed by atoms with Gasteiger partial charge in [-0.2, -0.15) is 5.10 Å². The van der Waals surface area contributed by atoms with Crippen LogP contribution in [0.1, 0.15) is 72.5 Å². The molecule has 13 nitrogen and oxygen atoms in total. The lowest BCUT2D eigenvalue weighted by atomic mass is 9.89. The van der Waals surface area contributed by atoms with Gasteiger partial charge >= 0.3 is 0 Å². The summed E-state index contributed by atoms with van der Waals surface area (Å²) in [5.41, 5.74) is 5.32. The van der Waals surface area contributed by atoms with Crippen LogP contribution in [0, 0.1) is 11.6 Å². The van der Waals surface area contributed by atoms with Gasteiger partial charge in [-0.05, 0) is 124 Å². The van der Waals surface area contributed by atoms with Crippen LogP contribution in [0.25, 0.3) is 10.9 Å². The van der Waals surface area contributed by atoms with E-state index in [1.807, 2.05) is 61.2 Å². The van der Waals surface area contributed by atoms with Gasteiger partial charge in [0.25, 0.3) is 5.91 Å². The quantitative estimate of drug-likeness (QED) is 0.108. The Bertz CT molecular complexity index is 2400. The summed E-state index contributed by atoms with van der Waals surface area (Å²) in [6.45, 7) is 8.30. The van der Waals surface area contributed by atoms with Crippen molar-refractivity contribution in [1.82, 2.24) is 25.3 Å². The number of nitrogens with zero attached hydrogens (tertiary/aromatic N) is 4. The topological polar surface area (TPSA) is 152 Å². The van der Waals surface area contributed by atoms with Crippen molar-refractivity contribution in [2.24, 2.45) is 0 Å². The molecule has 0 bridgehead atoms. The van der Waals surface area contributed by atoms with Gasteiger partial charge in [-0.15, -0.1) is 0 Å². The number of likely N-dealkylation sites (tertiary alicyclic amines) is 1. The van der Waals surface area contributed by atoms with E-state index >= 15 is 0 Å². The largest absolute Gasteiger partial charge is 0.490 e. The van der Waals surface area contributed by atoms with Crippen molar-refractivity contribution in [3.05, 3.63) is 113 Å². The molecule has 3 aliphatic heterocycles. The molecular formula is C46H50F2N8O5. The number of amides is 4. The third-order valence-electron chi connectivity index (χ3n) is 11.7. The second-order valence-electron chi connectivity index (χ2n) is 16.4. The number of rotatable bonds is 12. The predicted molar refractivity (Wildman–Crippen MR) is 229 cm³/mol. The fourth-order valence-electron chi connectivity index (χ4n) is 8.45. The van der Waals surface area contributed by atoms with Crippen molar-refractivity contribution in [3.63, 3.8) is 0 Å². The molecule has 0 aliphatic carbocycles. The molecule has 5 aromatic rings. The first-order valence-electron chi connectivity index (χ1n) is 20.9. The standard InChI is InChI=1S/C46H50F2N8O5/c1-28(2)61-41-26-36(8-9-37(41)45(59)51-44-38-24-29(3-10-39(38)52-53-44)21-30-22-33(47)25-34(48)23-30)55-17-19-56(20-18-55)43(58)27-54-15-13-32(14-16-54)31-4-6-35(7-5-31)49-40-11-12-42(57)50-46(40)60/h3-10,22-26,28,32,40,49H,11-21,27H2,1-2H3,(H,50,57,60)(H2,51,52,53,59). The number of imide groups is 1. The lowest BCUT2D eigenvalue weighted by Crippen LogP contribution is -2.51. The van der Waals surface area contributed by atoms with E-state index in [-0.39, 0.29) is 23.8 Å². The van der Waals surface area contributed by atoms with Gasteiger partial charge in [-0.3, -0.25) is 34.5 Å². The summed E-state index contributed by atoms with van der Waals surface area (Å²) < 4.78 is 33.8. The molecule has 3 aliphatic rings. The molecule has 4 heterocycles. The average molecular weight is 833 g/mol. The van der Waals surface area contributed by atoms with Gasteiger partial charge < -0.3 is 25.2 Å². The zero-order valence-electron chi connectivity index (χ0n) is 34.3. The fraction of sp³-hybridized carbons (Fsp3) is 0.370. The Labute approximate surface area is 352 Å². The molecule has 4 N–H and O–H groups in total. The fourth-order valence-corrected chi connectivity index (χ4v) is 8.45. The van der Waals surface area contributed by atoms with E-state index in [2.05, 4.69) is 48.1 Å². The van der Waals surface area contributed by atoms with Crippen LogP contribution in [0.4, 0.5) is 26.0 Å².